The van der Waals surface area contributed by atoms with Crippen molar-refractivity contribution in [2.45, 2.75) is 26.6 Å². The monoisotopic (exact) mass is 118 g/mol. The minimum atomic E-state index is -1.31. The molecule has 1 aliphatic rings. The van der Waals surface area contributed by atoms with Gasteiger partial charge in [-0.1, -0.05) is 20.8 Å². The van der Waals surface area contributed by atoms with Gasteiger partial charge in [0.15, 0.2) is 0 Å². The molecule has 48 valence electrons. The van der Waals surface area contributed by atoms with Gasteiger partial charge in [0.1, 0.15) is 6.61 Å². The van der Waals surface area contributed by atoms with Gasteiger partial charge < -0.3 is 4.74 Å². The number of halogens is 1. The van der Waals surface area contributed by atoms with Crippen LogP contribution in [-0.4, -0.2) is 12.5 Å². The summed E-state index contributed by atoms with van der Waals surface area (Å²) in [5.74, 6) is -1.31. The lowest BCUT2D eigenvalue weighted by Gasteiger charge is -2.18. The van der Waals surface area contributed by atoms with Crippen molar-refractivity contribution < 1.29 is 9.13 Å². The Labute approximate surface area is 48.8 Å². The fourth-order valence-corrected chi connectivity index (χ4v) is 0.496. The van der Waals surface area contributed by atoms with Gasteiger partial charge in [-0.25, -0.2) is 4.39 Å². The predicted molar refractivity (Wildman–Crippen MR) is 29.2 cm³/mol. The molecule has 0 bridgehead atoms. The minimum absolute atomic E-state index is 0.274. The average Bonchev–Trinajstić information content (AvgIpc) is 2.16. The third-order valence-electron chi connectivity index (χ3n) is 1.52. The van der Waals surface area contributed by atoms with Crippen molar-refractivity contribution in [2.24, 2.45) is 5.41 Å². The number of ether oxygens (including phenoxy) is 1. The molecule has 1 atom stereocenters. The van der Waals surface area contributed by atoms with E-state index >= 15 is 0 Å². The van der Waals surface area contributed by atoms with E-state index in [4.69, 9.17) is 0 Å². The first-order valence-corrected chi connectivity index (χ1v) is 2.79. The second-order valence-electron chi connectivity index (χ2n) is 3.27. The molecule has 0 N–H and O–H groups in total. The van der Waals surface area contributed by atoms with Gasteiger partial charge in [-0.3, -0.25) is 0 Å². The van der Waals surface area contributed by atoms with Crippen LogP contribution in [-0.2, 0) is 4.74 Å². The summed E-state index contributed by atoms with van der Waals surface area (Å²) in [6.07, 6.45) is 0. The molecule has 0 aromatic rings. The molecule has 0 spiro atoms. The van der Waals surface area contributed by atoms with E-state index in [0.29, 0.717) is 0 Å². The molecule has 0 aromatic heterocycles. The zero-order valence-electron chi connectivity index (χ0n) is 5.49. The summed E-state index contributed by atoms with van der Waals surface area (Å²) in [7, 11) is 0. The highest BCUT2D eigenvalue weighted by Crippen LogP contribution is 2.44. The first-order valence-electron chi connectivity index (χ1n) is 2.79. The molecule has 2 heteroatoms. The Bertz CT molecular complexity index is 96.3. The Morgan fingerprint density at radius 3 is 1.88 bits per heavy atom. The maximum absolute atomic E-state index is 12.8. The van der Waals surface area contributed by atoms with Crippen LogP contribution in [0.4, 0.5) is 4.39 Å². The molecule has 1 fully saturated rings. The van der Waals surface area contributed by atoms with Gasteiger partial charge in [-0.05, 0) is 0 Å². The summed E-state index contributed by atoms with van der Waals surface area (Å²) in [4.78, 5) is 0. The third-order valence-corrected chi connectivity index (χ3v) is 1.52. The summed E-state index contributed by atoms with van der Waals surface area (Å²) in [5.41, 5.74) is -0.340. The molecule has 0 amide bonds. The molecule has 1 nitrogen and oxygen atoms in total. The molecule has 1 unspecified atom stereocenters. The van der Waals surface area contributed by atoms with Crippen LogP contribution >= 0.6 is 0 Å². The number of hydrogen-bond acceptors (Lipinski definition) is 1. The molecule has 1 saturated heterocycles. The van der Waals surface area contributed by atoms with E-state index in [2.05, 4.69) is 4.74 Å². The highest BCUT2D eigenvalue weighted by Gasteiger charge is 2.55. The number of hydrogen-bond donors (Lipinski definition) is 0. The van der Waals surface area contributed by atoms with Crippen molar-refractivity contribution in [3.8, 4) is 0 Å². The second-order valence-corrected chi connectivity index (χ2v) is 3.27. The lowest BCUT2D eigenvalue weighted by atomic mass is 9.91. The fraction of sp³-hybridized carbons (Fsp3) is 1.00. The molecular weight excluding hydrogens is 107 g/mol. The van der Waals surface area contributed by atoms with Gasteiger partial charge >= 0.3 is 0 Å². The van der Waals surface area contributed by atoms with E-state index < -0.39 is 5.85 Å². The standard InChI is InChI=1S/C6H11FO/c1-5(2,3)6(7)4-8-6/h4H2,1-3H3. The number of epoxide rings is 1. The van der Waals surface area contributed by atoms with Crippen molar-refractivity contribution in [1.82, 2.24) is 0 Å². The highest BCUT2D eigenvalue weighted by molar-refractivity contribution is 4.91. The first kappa shape index (κ1) is 6.02. The largest absolute Gasteiger partial charge is 0.338 e. The van der Waals surface area contributed by atoms with Gasteiger partial charge in [-0.2, -0.15) is 0 Å². The molecule has 0 aliphatic carbocycles. The van der Waals surface area contributed by atoms with Crippen LogP contribution < -0.4 is 0 Å². The maximum atomic E-state index is 12.8. The molecule has 1 aliphatic heterocycles. The molecule has 0 aromatic carbocycles. The van der Waals surface area contributed by atoms with E-state index in [1.165, 1.54) is 0 Å². The average molecular weight is 118 g/mol. The quantitative estimate of drug-likeness (QED) is 0.441. The van der Waals surface area contributed by atoms with Crippen molar-refractivity contribution in [2.75, 3.05) is 6.61 Å². The molecule has 0 saturated carbocycles. The zero-order valence-corrected chi connectivity index (χ0v) is 5.49. The zero-order chi connectivity index (χ0) is 6.41. The summed E-state index contributed by atoms with van der Waals surface area (Å²) in [6.45, 7) is 5.77. The minimum Gasteiger partial charge on any atom is -0.338 e. The van der Waals surface area contributed by atoms with Gasteiger partial charge in [-0.15, -0.1) is 0 Å². The maximum Gasteiger partial charge on any atom is 0.237 e. The van der Waals surface area contributed by atoms with Crippen LogP contribution in [0.1, 0.15) is 20.8 Å². The number of alkyl halides is 1. The normalized spacial score (nSPS) is 37.5. The van der Waals surface area contributed by atoms with E-state index in [1.807, 2.05) is 20.8 Å². The Hall–Kier alpha value is -0.110. The Morgan fingerprint density at radius 1 is 1.50 bits per heavy atom. The van der Waals surface area contributed by atoms with Gasteiger partial charge in [0, 0.05) is 5.41 Å². The van der Waals surface area contributed by atoms with Crippen molar-refractivity contribution >= 4 is 0 Å². The van der Waals surface area contributed by atoms with Crippen LogP contribution in [0.25, 0.3) is 0 Å². The molecule has 1 rings (SSSR count). The highest BCUT2D eigenvalue weighted by atomic mass is 19.2. The first-order chi connectivity index (χ1) is 3.46. The number of rotatable bonds is 0. The second kappa shape index (κ2) is 1.24. The Balaban J connectivity index is 2.58. The molecule has 0 radical (unpaired) electrons. The van der Waals surface area contributed by atoms with Gasteiger partial charge in [0.2, 0.25) is 5.85 Å². The van der Waals surface area contributed by atoms with Crippen LogP contribution in [0, 0.1) is 5.41 Å². The SMILES string of the molecule is CC(C)(C)C1(F)CO1. The lowest BCUT2D eigenvalue weighted by molar-refractivity contribution is 0.0266. The fourth-order valence-electron chi connectivity index (χ4n) is 0.496. The third kappa shape index (κ3) is 0.730. The Morgan fingerprint density at radius 2 is 1.88 bits per heavy atom. The van der Waals surface area contributed by atoms with Gasteiger partial charge in [0.25, 0.3) is 0 Å². The van der Waals surface area contributed by atoms with E-state index in [1.54, 1.807) is 0 Å². The van der Waals surface area contributed by atoms with E-state index in [9.17, 15) is 4.39 Å². The van der Waals surface area contributed by atoms with Crippen LogP contribution in [0.3, 0.4) is 0 Å². The molecule has 1 heterocycles. The topological polar surface area (TPSA) is 12.5 Å². The molecule has 8 heavy (non-hydrogen) atoms. The predicted octanol–water partition coefficient (Wildman–Crippen LogP) is 1.73. The van der Waals surface area contributed by atoms with E-state index in [-0.39, 0.29) is 12.0 Å². The van der Waals surface area contributed by atoms with Crippen LogP contribution in [0.2, 0.25) is 0 Å². The Kier molecular flexibility index (Phi) is 0.932. The van der Waals surface area contributed by atoms with E-state index in [0.717, 1.165) is 0 Å². The van der Waals surface area contributed by atoms with Crippen molar-refractivity contribution in [1.29, 1.82) is 0 Å². The molecular formula is C6H11FO. The van der Waals surface area contributed by atoms with Crippen LogP contribution in [0.15, 0.2) is 0 Å². The summed E-state index contributed by atoms with van der Waals surface area (Å²) in [6, 6.07) is 0. The lowest BCUT2D eigenvalue weighted by Crippen LogP contribution is -2.24. The summed E-state index contributed by atoms with van der Waals surface area (Å²) < 4.78 is 17.4. The van der Waals surface area contributed by atoms with Crippen LogP contribution in [0.5, 0.6) is 0 Å². The summed E-state index contributed by atoms with van der Waals surface area (Å²) >= 11 is 0. The van der Waals surface area contributed by atoms with Gasteiger partial charge in [0.05, 0.1) is 0 Å². The smallest absolute Gasteiger partial charge is 0.237 e. The van der Waals surface area contributed by atoms with Crippen molar-refractivity contribution in [3.05, 3.63) is 0 Å². The summed E-state index contributed by atoms with van der Waals surface area (Å²) in [5, 5.41) is 0. The van der Waals surface area contributed by atoms with Crippen molar-refractivity contribution in [3.63, 3.8) is 0 Å².